The van der Waals surface area contributed by atoms with E-state index < -0.39 is 23.6 Å². The number of hydrogen-bond acceptors (Lipinski definition) is 5. The highest BCUT2D eigenvalue weighted by Crippen LogP contribution is 2.29. The summed E-state index contributed by atoms with van der Waals surface area (Å²) in [6, 6.07) is 2.18. The van der Waals surface area contributed by atoms with Crippen LogP contribution in [0.5, 0.6) is 0 Å². The molecule has 1 N–H and O–H groups in total. The Bertz CT molecular complexity index is 585. The lowest BCUT2D eigenvalue weighted by Gasteiger charge is -2.36. The molecule has 1 amide bonds. The molecule has 0 aliphatic carbocycles. The molecule has 0 aromatic carbocycles. The Morgan fingerprint density at radius 3 is 2.56 bits per heavy atom. The van der Waals surface area contributed by atoms with Crippen LogP contribution in [0.15, 0.2) is 12.1 Å². The molecule has 0 saturated carbocycles. The standard InChI is InChI=1S/C16H23F3N4O2/c1-15(2,3)25-14(24)20-10-11-6-4-5-9-23(11)13-8-7-12(21-22-13)16(17,18)19/h7-8,11H,4-6,9-10H2,1-3H3,(H,20,24). The van der Waals surface area contributed by atoms with E-state index in [4.69, 9.17) is 4.74 Å². The molecule has 1 atom stereocenters. The van der Waals surface area contributed by atoms with Crippen molar-refractivity contribution in [2.24, 2.45) is 0 Å². The molecule has 1 aliphatic rings. The lowest BCUT2D eigenvalue weighted by molar-refractivity contribution is -0.141. The number of anilines is 1. The Balaban J connectivity index is 2.01. The summed E-state index contributed by atoms with van der Waals surface area (Å²) in [6.45, 7) is 6.31. The molecule has 1 unspecified atom stereocenters. The van der Waals surface area contributed by atoms with Gasteiger partial charge in [0.15, 0.2) is 11.5 Å². The SMILES string of the molecule is CC(C)(C)OC(=O)NCC1CCCCN1c1ccc(C(F)(F)F)nn1. The van der Waals surface area contributed by atoms with Crippen molar-refractivity contribution in [2.45, 2.75) is 57.9 Å². The topological polar surface area (TPSA) is 67.3 Å². The van der Waals surface area contributed by atoms with Crippen LogP contribution in [-0.4, -0.2) is 41.0 Å². The smallest absolute Gasteiger partial charge is 0.435 e. The fraction of sp³-hybridized carbons (Fsp3) is 0.688. The third-order valence-electron chi connectivity index (χ3n) is 3.74. The summed E-state index contributed by atoms with van der Waals surface area (Å²) < 4.78 is 43.0. The number of halogens is 3. The number of alkyl halides is 3. The second-order valence-corrected chi connectivity index (χ2v) is 7.00. The largest absolute Gasteiger partial charge is 0.444 e. The fourth-order valence-corrected chi connectivity index (χ4v) is 2.66. The van der Waals surface area contributed by atoms with Crippen LogP contribution in [0.4, 0.5) is 23.8 Å². The minimum absolute atomic E-state index is 0.0627. The third kappa shape index (κ3) is 5.75. The highest BCUT2D eigenvalue weighted by atomic mass is 19.4. The van der Waals surface area contributed by atoms with Crippen molar-refractivity contribution in [1.82, 2.24) is 15.5 Å². The van der Waals surface area contributed by atoms with Gasteiger partial charge in [0.25, 0.3) is 0 Å². The lowest BCUT2D eigenvalue weighted by atomic mass is 10.0. The number of ether oxygens (including phenoxy) is 1. The van der Waals surface area contributed by atoms with Crippen molar-refractivity contribution >= 4 is 11.9 Å². The molecule has 9 heteroatoms. The molecule has 25 heavy (non-hydrogen) atoms. The van der Waals surface area contributed by atoms with Crippen molar-refractivity contribution in [3.63, 3.8) is 0 Å². The monoisotopic (exact) mass is 360 g/mol. The van der Waals surface area contributed by atoms with Crippen LogP contribution in [0, 0.1) is 0 Å². The predicted octanol–water partition coefficient (Wildman–Crippen LogP) is 3.38. The Kier molecular flexibility index (Phi) is 5.74. The van der Waals surface area contributed by atoms with E-state index in [0.29, 0.717) is 18.9 Å². The molecule has 1 aromatic rings. The molecule has 0 spiro atoms. The summed E-state index contributed by atoms with van der Waals surface area (Å²) in [5.74, 6) is 0.378. The number of nitrogens with zero attached hydrogens (tertiary/aromatic N) is 3. The minimum Gasteiger partial charge on any atom is -0.444 e. The van der Waals surface area contributed by atoms with Gasteiger partial charge in [0.2, 0.25) is 0 Å². The Labute approximate surface area is 144 Å². The third-order valence-corrected chi connectivity index (χ3v) is 3.74. The molecule has 1 fully saturated rings. The molecule has 1 aliphatic heterocycles. The number of carbonyl (C=O) groups excluding carboxylic acids is 1. The van der Waals surface area contributed by atoms with Gasteiger partial charge in [0.1, 0.15) is 5.60 Å². The number of nitrogens with one attached hydrogen (secondary N) is 1. The van der Waals surface area contributed by atoms with Gasteiger partial charge in [0.05, 0.1) is 0 Å². The van der Waals surface area contributed by atoms with Crippen molar-refractivity contribution in [1.29, 1.82) is 0 Å². The highest BCUT2D eigenvalue weighted by Gasteiger charge is 2.33. The molecule has 0 bridgehead atoms. The van der Waals surface area contributed by atoms with Crippen LogP contribution in [0.25, 0.3) is 0 Å². The van der Waals surface area contributed by atoms with Gasteiger partial charge in [-0.25, -0.2) is 4.79 Å². The first-order valence-corrected chi connectivity index (χ1v) is 8.21. The van der Waals surface area contributed by atoms with Gasteiger partial charge < -0.3 is 15.0 Å². The van der Waals surface area contributed by atoms with E-state index in [1.54, 1.807) is 20.8 Å². The first kappa shape index (κ1) is 19.3. The quantitative estimate of drug-likeness (QED) is 0.895. The maximum absolute atomic E-state index is 12.6. The number of hydrogen-bond donors (Lipinski definition) is 1. The van der Waals surface area contributed by atoms with Crippen molar-refractivity contribution in [3.05, 3.63) is 17.8 Å². The first-order valence-electron chi connectivity index (χ1n) is 8.21. The second kappa shape index (κ2) is 7.45. The number of alkyl carbamates (subject to hydrolysis) is 1. The summed E-state index contributed by atoms with van der Waals surface area (Å²) in [5, 5.41) is 9.71. The number of amides is 1. The summed E-state index contributed by atoms with van der Waals surface area (Å²) in [7, 11) is 0. The van der Waals surface area contributed by atoms with Gasteiger partial charge in [-0.05, 0) is 52.2 Å². The molecule has 2 rings (SSSR count). The van der Waals surface area contributed by atoms with E-state index in [1.807, 2.05) is 4.90 Å². The fourth-order valence-electron chi connectivity index (χ4n) is 2.66. The van der Waals surface area contributed by atoms with Gasteiger partial charge in [-0.2, -0.15) is 13.2 Å². The van der Waals surface area contributed by atoms with E-state index in [0.717, 1.165) is 25.3 Å². The number of rotatable bonds is 3. The Morgan fingerprint density at radius 2 is 2.00 bits per heavy atom. The molecule has 140 valence electrons. The summed E-state index contributed by atoms with van der Waals surface area (Å²) >= 11 is 0. The maximum Gasteiger partial charge on any atom is 0.435 e. The van der Waals surface area contributed by atoms with Crippen LogP contribution in [0.2, 0.25) is 0 Å². The van der Waals surface area contributed by atoms with E-state index in [-0.39, 0.29) is 6.04 Å². The van der Waals surface area contributed by atoms with Crippen molar-refractivity contribution in [3.8, 4) is 0 Å². The molecule has 2 heterocycles. The number of aromatic nitrogens is 2. The highest BCUT2D eigenvalue weighted by molar-refractivity contribution is 5.67. The maximum atomic E-state index is 12.6. The van der Waals surface area contributed by atoms with Crippen LogP contribution in [0.3, 0.4) is 0 Å². The molecular weight excluding hydrogens is 337 g/mol. The lowest BCUT2D eigenvalue weighted by Crippen LogP contribution is -2.48. The minimum atomic E-state index is -4.51. The van der Waals surface area contributed by atoms with Crippen LogP contribution in [0.1, 0.15) is 45.7 Å². The van der Waals surface area contributed by atoms with E-state index in [9.17, 15) is 18.0 Å². The molecule has 1 saturated heterocycles. The average Bonchev–Trinajstić information content (AvgIpc) is 2.51. The Hall–Kier alpha value is -2.06. The molecule has 1 aromatic heterocycles. The summed E-state index contributed by atoms with van der Waals surface area (Å²) in [6.07, 6.45) is -2.34. The zero-order chi connectivity index (χ0) is 18.7. The molecule has 0 radical (unpaired) electrons. The van der Waals surface area contributed by atoms with Crippen LogP contribution in [-0.2, 0) is 10.9 Å². The summed E-state index contributed by atoms with van der Waals surface area (Å²) in [4.78, 5) is 13.7. The zero-order valence-corrected chi connectivity index (χ0v) is 14.6. The predicted molar refractivity (Wildman–Crippen MR) is 86.3 cm³/mol. The van der Waals surface area contributed by atoms with Crippen LogP contribution < -0.4 is 10.2 Å². The van der Waals surface area contributed by atoms with Crippen LogP contribution >= 0.6 is 0 Å². The van der Waals surface area contributed by atoms with Gasteiger partial charge >= 0.3 is 12.3 Å². The van der Waals surface area contributed by atoms with E-state index >= 15 is 0 Å². The second-order valence-electron chi connectivity index (χ2n) is 7.00. The number of carbonyl (C=O) groups is 1. The first-order chi connectivity index (χ1) is 11.6. The van der Waals surface area contributed by atoms with Gasteiger partial charge in [0, 0.05) is 19.1 Å². The van der Waals surface area contributed by atoms with Crippen molar-refractivity contribution < 1.29 is 22.7 Å². The van der Waals surface area contributed by atoms with E-state index in [2.05, 4.69) is 15.5 Å². The number of piperidine rings is 1. The molecular formula is C16H23F3N4O2. The molecule has 6 nitrogen and oxygen atoms in total. The average molecular weight is 360 g/mol. The van der Waals surface area contributed by atoms with E-state index in [1.165, 1.54) is 6.07 Å². The van der Waals surface area contributed by atoms with Crippen molar-refractivity contribution in [2.75, 3.05) is 18.0 Å². The Morgan fingerprint density at radius 1 is 1.28 bits per heavy atom. The van der Waals surface area contributed by atoms with Gasteiger partial charge in [-0.15, -0.1) is 10.2 Å². The van der Waals surface area contributed by atoms with Gasteiger partial charge in [-0.1, -0.05) is 0 Å². The normalized spacial score (nSPS) is 18.8. The summed E-state index contributed by atoms with van der Waals surface area (Å²) in [5.41, 5.74) is -1.61. The van der Waals surface area contributed by atoms with Gasteiger partial charge in [-0.3, -0.25) is 0 Å². The zero-order valence-electron chi connectivity index (χ0n) is 14.6.